The van der Waals surface area contributed by atoms with Gasteiger partial charge in [-0.3, -0.25) is 0 Å². The molecule has 23 heavy (non-hydrogen) atoms. The maximum atomic E-state index is 11.9. The van der Waals surface area contributed by atoms with Gasteiger partial charge in [0.05, 0.1) is 6.26 Å². The number of rotatable bonds is 2. The number of ether oxygens (including phenoxy) is 4. The molecule has 0 radical (unpaired) electrons. The maximum Gasteiger partial charge on any atom is 0.331 e. The molecule has 4 atom stereocenters. The lowest BCUT2D eigenvalue weighted by molar-refractivity contribution is -0.226. The summed E-state index contributed by atoms with van der Waals surface area (Å²) in [5.74, 6) is 9.76. The van der Waals surface area contributed by atoms with E-state index in [2.05, 4.69) is 23.7 Å². The Morgan fingerprint density at radius 3 is 2.96 bits per heavy atom. The smallest absolute Gasteiger partial charge is 0.331 e. The Morgan fingerprint density at radius 2 is 2.22 bits per heavy atom. The normalized spacial score (nSPS) is 33.5. The minimum Gasteiger partial charge on any atom is -0.454 e. The summed E-state index contributed by atoms with van der Waals surface area (Å²) in [5, 5.41) is 0. The van der Waals surface area contributed by atoms with E-state index in [1.54, 1.807) is 19.1 Å². The van der Waals surface area contributed by atoms with E-state index in [1.165, 1.54) is 12.3 Å². The molecule has 0 aromatic heterocycles. The summed E-state index contributed by atoms with van der Waals surface area (Å²) in [6, 6.07) is 0. The number of epoxide rings is 1. The van der Waals surface area contributed by atoms with Crippen LogP contribution in [0.25, 0.3) is 0 Å². The van der Waals surface area contributed by atoms with Crippen LogP contribution in [0, 0.1) is 23.7 Å². The first-order chi connectivity index (χ1) is 11.1. The van der Waals surface area contributed by atoms with Crippen molar-refractivity contribution in [2.45, 2.75) is 44.9 Å². The maximum absolute atomic E-state index is 11.9. The lowest BCUT2D eigenvalue weighted by Crippen LogP contribution is -2.46. The number of fused-ring (bicyclic) bond motifs is 2. The largest absolute Gasteiger partial charge is 0.454 e. The molecule has 0 amide bonds. The molecule has 3 aliphatic heterocycles. The Bertz CT molecular complexity index is 733. The lowest BCUT2D eigenvalue weighted by atomic mass is 10.1. The van der Waals surface area contributed by atoms with Crippen LogP contribution in [0.5, 0.6) is 0 Å². The second-order valence-corrected chi connectivity index (χ2v) is 5.52. The second-order valence-electron chi connectivity index (χ2n) is 5.52. The van der Waals surface area contributed by atoms with Crippen LogP contribution in [0.15, 0.2) is 35.8 Å². The molecule has 5 nitrogen and oxygen atoms in total. The fraction of sp³-hybridized carbons (Fsp3) is 0.389. The minimum absolute atomic E-state index is 0.219. The Balaban J connectivity index is 1.75. The predicted molar refractivity (Wildman–Crippen MR) is 81.3 cm³/mol. The van der Waals surface area contributed by atoms with Gasteiger partial charge in [-0.25, -0.2) is 4.79 Å². The number of hydrogen-bond acceptors (Lipinski definition) is 5. The van der Waals surface area contributed by atoms with Crippen molar-refractivity contribution >= 4 is 5.97 Å². The van der Waals surface area contributed by atoms with E-state index in [0.29, 0.717) is 5.76 Å². The van der Waals surface area contributed by atoms with Gasteiger partial charge in [0.2, 0.25) is 6.10 Å². The SMILES string of the molecule is CC#CC#CC=C1O[C@@]2(OC=C[C@@H]2OC(=O)C=C(C)C)[C@H]2O[C@@H]12. The Morgan fingerprint density at radius 1 is 1.39 bits per heavy atom. The summed E-state index contributed by atoms with van der Waals surface area (Å²) in [7, 11) is 0. The van der Waals surface area contributed by atoms with Gasteiger partial charge < -0.3 is 18.9 Å². The Kier molecular flexibility index (Phi) is 3.90. The van der Waals surface area contributed by atoms with Crippen molar-refractivity contribution in [3.05, 3.63) is 35.8 Å². The number of hydrogen-bond donors (Lipinski definition) is 0. The summed E-state index contributed by atoms with van der Waals surface area (Å²) >= 11 is 0. The van der Waals surface area contributed by atoms with Crippen molar-refractivity contribution in [1.82, 2.24) is 0 Å². The second kappa shape index (κ2) is 5.87. The Hall–Kier alpha value is -2.63. The van der Waals surface area contributed by atoms with E-state index < -0.39 is 17.9 Å². The van der Waals surface area contributed by atoms with Crippen LogP contribution in [0.4, 0.5) is 0 Å². The summed E-state index contributed by atoms with van der Waals surface area (Å²) in [4.78, 5) is 11.9. The molecule has 0 N–H and O–H groups in total. The van der Waals surface area contributed by atoms with Gasteiger partial charge in [0, 0.05) is 12.2 Å². The van der Waals surface area contributed by atoms with E-state index in [1.807, 2.05) is 13.8 Å². The highest BCUT2D eigenvalue weighted by atomic mass is 16.8. The molecule has 2 saturated heterocycles. The number of carbonyl (C=O) groups excluding carboxylic acids is 1. The average Bonchev–Trinajstić information content (AvgIpc) is 3.12. The average molecular weight is 312 g/mol. The minimum atomic E-state index is -1.15. The summed E-state index contributed by atoms with van der Waals surface area (Å²) < 4.78 is 22.5. The van der Waals surface area contributed by atoms with Gasteiger partial charge in [-0.2, -0.15) is 0 Å². The van der Waals surface area contributed by atoms with Crippen molar-refractivity contribution in [3.63, 3.8) is 0 Å². The molecule has 0 aromatic carbocycles. The van der Waals surface area contributed by atoms with Gasteiger partial charge in [0.25, 0.3) is 0 Å². The van der Waals surface area contributed by atoms with Crippen molar-refractivity contribution in [2.75, 3.05) is 0 Å². The molecular weight excluding hydrogens is 296 g/mol. The molecule has 0 saturated carbocycles. The fourth-order valence-electron chi connectivity index (χ4n) is 2.50. The number of esters is 1. The van der Waals surface area contributed by atoms with Crippen molar-refractivity contribution in [3.8, 4) is 23.7 Å². The van der Waals surface area contributed by atoms with Gasteiger partial charge in [0.1, 0.15) is 5.76 Å². The van der Waals surface area contributed by atoms with Crippen LogP contribution in [0.2, 0.25) is 0 Å². The first-order valence-corrected chi connectivity index (χ1v) is 7.23. The quantitative estimate of drug-likeness (QED) is 0.337. The summed E-state index contributed by atoms with van der Waals surface area (Å²) in [6.07, 6.45) is 4.94. The van der Waals surface area contributed by atoms with Gasteiger partial charge in [-0.15, -0.1) is 0 Å². The molecule has 118 valence electrons. The molecule has 3 aliphatic rings. The summed E-state index contributed by atoms with van der Waals surface area (Å²) in [5.41, 5.74) is 0.854. The highest BCUT2D eigenvalue weighted by Crippen LogP contribution is 2.53. The first kappa shape index (κ1) is 15.3. The molecule has 3 heterocycles. The van der Waals surface area contributed by atoms with E-state index >= 15 is 0 Å². The molecule has 1 spiro atoms. The van der Waals surface area contributed by atoms with Gasteiger partial charge in [0.15, 0.2) is 12.2 Å². The van der Waals surface area contributed by atoms with E-state index in [9.17, 15) is 4.79 Å². The highest BCUT2D eigenvalue weighted by molar-refractivity contribution is 5.83. The van der Waals surface area contributed by atoms with Gasteiger partial charge >= 0.3 is 11.8 Å². The zero-order valence-corrected chi connectivity index (χ0v) is 13.1. The lowest BCUT2D eigenvalue weighted by Gasteiger charge is -2.29. The summed E-state index contributed by atoms with van der Waals surface area (Å²) in [6.45, 7) is 5.36. The van der Waals surface area contributed by atoms with Crippen LogP contribution in [0.3, 0.4) is 0 Å². The molecule has 3 rings (SSSR count). The molecular formula is C18H16O5. The van der Waals surface area contributed by atoms with Gasteiger partial charge in [-0.1, -0.05) is 17.4 Å². The fourth-order valence-corrected chi connectivity index (χ4v) is 2.50. The molecule has 0 unspecified atom stereocenters. The highest BCUT2D eigenvalue weighted by Gasteiger charge is 2.72. The van der Waals surface area contributed by atoms with Crippen LogP contribution in [0.1, 0.15) is 20.8 Å². The molecule has 2 fully saturated rings. The van der Waals surface area contributed by atoms with E-state index in [-0.39, 0.29) is 12.2 Å². The molecule has 0 aliphatic carbocycles. The topological polar surface area (TPSA) is 57.3 Å². The van der Waals surface area contributed by atoms with Crippen LogP contribution >= 0.6 is 0 Å². The monoisotopic (exact) mass is 312 g/mol. The molecule has 5 heteroatoms. The predicted octanol–water partition coefficient (Wildman–Crippen LogP) is 1.81. The van der Waals surface area contributed by atoms with Crippen LogP contribution in [-0.2, 0) is 23.7 Å². The molecule has 0 aromatic rings. The van der Waals surface area contributed by atoms with Crippen molar-refractivity contribution < 1.29 is 23.7 Å². The van der Waals surface area contributed by atoms with Crippen molar-refractivity contribution in [2.24, 2.45) is 0 Å². The zero-order chi connectivity index (χ0) is 16.4. The number of carbonyl (C=O) groups is 1. The third-order valence-electron chi connectivity index (χ3n) is 3.47. The van der Waals surface area contributed by atoms with Gasteiger partial charge in [-0.05, 0) is 38.7 Å². The van der Waals surface area contributed by atoms with Crippen molar-refractivity contribution in [1.29, 1.82) is 0 Å². The van der Waals surface area contributed by atoms with E-state index in [0.717, 1.165) is 5.57 Å². The third kappa shape index (κ3) is 2.84. The van der Waals surface area contributed by atoms with Crippen LogP contribution < -0.4 is 0 Å². The zero-order valence-electron chi connectivity index (χ0n) is 13.1. The standard InChI is InChI=1S/C18H16O5/c1-4-5-6-7-8-13-16-17(22-16)18(23-13)14(9-10-20-18)21-15(19)11-12(2)3/h8-11,14,16-17H,1-3H3/t14-,16-,17-,18+/m0/s1. The Labute approximate surface area is 134 Å². The first-order valence-electron chi connectivity index (χ1n) is 7.23. The van der Waals surface area contributed by atoms with E-state index in [4.69, 9.17) is 18.9 Å². The van der Waals surface area contributed by atoms with Crippen LogP contribution in [-0.4, -0.2) is 30.1 Å². The molecule has 0 bridgehead atoms. The number of allylic oxidation sites excluding steroid dienone is 2. The third-order valence-corrected chi connectivity index (χ3v) is 3.47.